The summed E-state index contributed by atoms with van der Waals surface area (Å²) < 4.78 is 2.51. The number of benzene rings is 6. The van der Waals surface area contributed by atoms with Crippen molar-refractivity contribution in [3.8, 4) is 22.3 Å². The third-order valence-electron chi connectivity index (χ3n) is 11.9. The molecule has 6 aromatic carbocycles. The molecule has 0 radical (unpaired) electrons. The van der Waals surface area contributed by atoms with Crippen LogP contribution in [0.1, 0.15) is 71.8 Å². The topological polar surface area (TPSA) is 30.2 Å². The molecule has 0 amide bonds. The van der Waals surface area contributed by atoms with Crippen LogP contribution in [0, 0.1) is 0 Å². The van der Waals surface area contributed by atoms with Gasteiger partial charge in [0.15, 0.2) is 5.82 Å². The minimum atomic E-state index is 0.270. The van der Waals surface area contributed by atoms with Crippen LogP contribution >= 0.6 is 0 Å². The van der Waals surface area contributed by atoms with Crippen LogP contribution in [-0.4, -0.2) is 15.4 Å². The third-order valence-corrected chi connectivity index (χ3v) is 11.9. The van der Waals surface area contributed by atoms with Crippen molar-refractivity contribution in [2.45, 2.75) is 43.9 Å². The van der Waals surface area contributed by atoms with Crippen molar-refractivity contribution in [3.05, 3.63) is 167 Å². The van der Waals surface area contributed by atoms with Gasteiger partial charge in [0.2, 0.25) is 0 Å². The zero-order chi connectivity index (χ0) is 32.9. The van der Waals surface area contributed by atoms with Crippen LogP contribution in [0.2, 0.25) is 0 Å². The molecule has 3 heteroatoms. The fourth-order valence-corrected chi connectivity index (χ4v) is 9.81. The van der Waals surface area contributed by atoms with Crippen molar-refractivity contribution in [2.24, 2.45) is 4.99 Å². The van der Waals surface area contributed by atoms with Crippen molar-refractivity contribution >= 4 is 44.2 Å². The molecular formula is C47H35N3. The highest BCUT2D eigenvalue weighted by Gasteiger charge is 2.41. The Hall–Kier alpha value is -5.80. The van der Waals surface area contributed by atoms with Crippen LogP contribution in [0.25, 0.3) is 54.8 Å². The summed E-state index contributed by atoms with van der Waals surface area (Å²) in [4.78, 5) is 10.5. The molecule has 3 aliphatic rings. The molecule has 8 aromatic rings. The Morgan fingerprint density at radius 2 is 1.40 bits per heavy atom. The van der Waals surface area contributed by atoms with Gasteiger partial charge in [0.05, 0.1) is 11.0 Å². The van der Waals surface area contributed by atoms with E-state index in [0.29, 0.717) is 11.8 Å². The zero-order valence-electron chi connectivity index (χ0n) is 28.0. The summed E-state index contributed by atoms with van der Waals surface area (Å²) in [5.41, 5.74) is 14.9. The number of aromatic nitrogens is 2. The molecule has 0 saturated heterocycles. The molecule has 11 rings (SSSR count). The van der Waals surface area contributed by atoms with E-state index in [0.717, 1.165) is 30.9 Å². The molecule has 3 atom stereocenters. The number of fused-ring (bicyclic) bond motifs is 12. The van der Waals surface area contributed by atoms with Gasteiger partial charge in [-0.2, -0.15) is 0 Å². The Labute approximate surface area is 291 Å². The Balaban J connectivity index is 1.28. The second-order valence-corrected chi connectivity index (χ2v) is 14.4. The number of pyridine rings is 1. The Morgan fingerprint density at radius 3 is 2.30 bits per heavy atom. The summed E-state index contributed by atoms with van der Waals surface area (Å²) >= 11 is 0. The molecule has 0 bridgehead atoms. The van der Waals surface area contributed by atoms with Gasteiger partial charge in [-0.3, -0.25) is 4.57 Å². The highest BCUT2D eigenvalue weighted by Crippen LogP contribution is 2.61. The lowest BCUT2D eigenvalue weighted by Crippen LogP contribution is -2.16. The molecule has 3 nitrogen and oxygen atoms in total. The summed E-state index contributed by atoms with van der Waals surface area (Å²) in [6, 6.07) is 49.5. The van der Waals surface area contributed by atoms with Gasteiger partial charge in [-0.15, -0.1) is 0 Å². The van der Waals surface area contributed by atoms with Gasteiger partial charge >= 0.3 is 0 Å². The van der Waals surface area contributed by atoms with Crippen LogP contribution in [-0.2, 0) is 0 Å². The molecule has 0 N–H and O–H groups in total. The molecular weight excluding hydrogens is 607 g/mol. The zero-order valence-corrected chi connectivity index (χ0v) is 28.0. The van der Waals surface area contributed by atoms with Gasteiger partial charge in [0, 0.05) is 40.8 Å². The largest absolute Gasteiger partial charge is 0.297 e. The van der Waals surface area contributed by atoms with E-state index in [-0.39, 0.29) is 5.92 Å². The number of aliphatic imine (C=N–C) groups is 1. The van der Waals surface area contributed by atoms with Crippen molar-refractivity contribution in [2.75, 3.05) is 0 Å². The first kappa shape index (κ1) is 28.1. The smallest absolute Gasteiger partial charge is 0.157 e. The van der Waals surface area contributed by atoms with Crippen molar-refractivity contribution in [3.63, 3.8) is 0 Å². The summed E-state index contributed by atoms with van der Waals surface area (Å²) in [5, 5.41) is 5.24. The van der Waals surface area contributed by atoms with E-state index in [2.05, 4.69) is 145 Å². The van der Waals surface area contributed by atoms with Crippen LogP contribution in [0.15, 0.2) is 145 Å². The van der Waals surface area contributed by atoms with Crippen molar-refractivity contribution in [1.82, 2.24) is 9.55 Å². The van der Waals surface area contributed by atoms with Crippen molar-refractivity contribution < 1.29 is 0 Å². The molecule has 2 aliphatic carbocycles. The molecule has 0 fully saturated rings. The summed E-state index contributed by atoms with van der Waals surface area (Å²) in [5.74, 6) is 2.89. The summed E-state index contributed by atoms with van der Waals surface area (Å²) in [6.45, 7) is 2.43. The van der Waals surface area contributed by atoms with Crippen LogP contribution in [0.5, 0.6) is 0 Å². The second kappa shape index (κ2) is 10.6. The van der Waals surface area contributed by atoms with E-state index >= 15 is 0 Å². The Bertz CT molecular complexity index is 2710. The number of rotatable bonds is 1. The van der Waals surface area contributed by atoms with Gasteiger partial charge in [0.25, 0.3) is 0 Å². The van der Waals surface area contributed by atoms with Crippen LogP contribution in [0.4, 0.5) is 5.82 Å². The summed E-state index contributed by atoms with van der Waals surface area (Å²) in [6.07, 6.45) is 4.84. The van der Waals surface area contributed by atoms with E-state index in [1.807, 2.05) is 6.20 Å². The fourth-order valence-electron chi connectivity index (χ4n) is 9.81. The lowest BCUT2D eigenvalue weighted by Gasteiger charge is -2.32. The maximum absolute atomic E-state index is 5.54. The lowest BCUT2D eigenvalue weighted by atomic mass is 9.71. The average Bonchev–Trinajstić information content (AvgIpc) is 3.68. The maximum atomic E-state index is 5.54. The minimum absolute atomic E-state index is 0.270. The Kier molecular flexibility index (Phi) is 5.95. The molecule has 1 aliphatic heterocycles. The predicted molar refractivity (Wildman–Crippen MR) is 207 cm³/mol. The summed E-state index contributed by atoms with van der Waals surface area (Å²) in [7, 11) is 0. The van der Waals surface area contributed by atoms with Crippen molar-refractivity contribution in [1.29, 1.82) is 0 Å². The standard InChI is InChI=1S/C47H35N3/c1-28-31-16-7-8-18-34(31)38-27-40-46(44-36-20-10-9-19-35(36)42(28)45(38)44)43-33-17-6-5-15-30(33)24-25-39(43)50(40)41-23-11-21-32(29-13-3-2-4-14-29)37-22-12-26-48-47(37)49-41/h2-10,12-20,22,24-28,32,42H,11,21,23H2,1H3/b49-41+/t28?,32-,42?/m1/s1. The normalized spacial score (nSPS) is 20.0. The van der Waals surface area contributed by atoms with Gasteiger partial charge in [-0.1, -0.05) is 122 Å². The third kappa shape index (κ3) is 3.81. The fraction of sp³-hybridized carbons (Fsp3) is 0.149. The van der Waals surface area contributed by atoms with Crippen LogP contribution in [0.3, 0.4) is 0 Å². The van der Waals surface area contributed by atoms with Gasteiger partial charge < -0.3 is 0 Å². The maximum Gasteiger partial charge on any atom is 0.157 e. The minimum Gasteiger partial charge on any atom is -0.297 e. The van der Waals surface area contributed by atoms with Crippen LogP contribution < -0.4 is 0 Å². The SMILES string of the molecule is CC1c2ccccc2-c2cc3c(c4c2C1c1ccccc1-4)c1c2ccccc2ccc1n3/C1=N/c2ncccc2[C@@H](c2ccccc2)CCC1. The average molecular weight is 642 g/mol. The van der Waals surface area contributed by atoms with E-state index < -0.39 is 0 Å². The first-order valence-electron chi connectivity index (χ1n) is 18.1. The monoisotopic (exact) mass is 641 g/mol. The number of hydrogen-bond acceptors (Lipinski definition) is 2. The lowest BCUT2D eigenvalue weighted by molar-refractivity contribution is 0.662. The first-order chi connectivity index (χ1) is 24.8. The molecule has 238 valence electrons. The van der Waals surface area contributed by atoms with Gasteiger partial charge in [-0.05, 0) is 92.2 Å². The molecule has 0 spiro atoms. The molecule has 0 saturated carbocycles. The Morgan fingerprint density at radius 1 is 0.640 bits per heavy atom. The van der Waals surface area contributed by atoms with E-state index in [4.69, 9.17) is 9.98 Å². The van der Waals surface area contributed by atoms with E-state index in [9.17, 15) is 0 Å². The first-order valence-corrected chi connectivity index (χ1v) is 18.1. The molecule has 2 unspecified atom stereocenters. The number of nitrogens with zero attached hydrogens (tertiary/aromatic N) is 3. The van der Waals surface area contributed by atoms with E-state index in [1.165, 1.54) is 82.6 Å². The molecule has 2 aromatic heterocycles. The molecule has 50 heavy (non-hydrogen) atoms. The highest BCUT2D eigenvalue weighted by atomic mass is 15.1. The molecule has 3 heterocycles. The quantitative estimate of drug-likeness (QED) is 0.175. The van der Waals surface area contributed by atoms with Gasteiger partial charge in [-0.25, -0.2) is 9.98 Å². The van der Waals surface area contributed by atoms with E-state index in [1.54, 1.807) is 0 Å². The van der Waals surface area contributed by atoms with Gasteiger partial charge in [0.1, 0.15) is 5.84 Å². The predicted octanol–water partition coefficient (Wildman–Crippen LogP) is 12.1. The number of hydrogen-bond donors (Lipinski definition) is 0. The highest BCUT2D eigenvalue weighted by molar-refractivity contribution is 6.29. The second-order valence-electron chi connectivity index (χ2n) is 14.4.